The monoisotopic (exact) mass is 254 g/mol. The maximum atomic E-state index is 11.7. The van der Waals surface area contributed by atoms with Gasteiger partial charge in [-0.05, 0) is 6.92 Å². The van der Waals surface area contributed by atoms with Gasteiger partial charge in [0, 0.05) is 44.5 Å². The Morgan fingerprint density at radius 2 is 2.35 bits per heavy atom. The number of rotatable bonds is 4. The van der Waals surface area contributed by atoms with Crippen LogP contribution in [0.1, 0.15) is 12.1 Å². The molecule has 1 aliphatic rings. The van der Waals surface area contributed by atoms with Crippen molar-refractivity contribution in [3.05, 3.63) is 11.1 Å². The first-order chi connectivity index (χ1) is 8.24. The Labute approximate surface area is 105 Å². The van der Waals surface area contributed by atoms with Crippen LogP contribution in [-0.4, -0.2) is 48.5 Å². The van der Waals surface area contributed by atoms with E-state index in [1.165, 1.54) is 11.3 Å². The van der Waals surface area contributed by atoms with Crippen molar-refractivity contribution in [3.63, 3.8) is 0 Å². The zero-order valence-electron chi connectivity index (χ0n) is 10.0. The fourth-order valence-corrected chi connectivity index (χ4v) is 2.49. The molecule has 0 unspecified atom stereocenters. The predicted octanol–water partition coefficient (Wildman–Crippen LogP) is 0.685. The number of hydrogen-bond donors (Lipinski definition) is 2. The van der Waals surface area contributed by atoms with Crippen molar-refractivity contribution in [1.29, 1.82) is 0 Å². The summed E-state index contributed by atoms with van der Waals surface area (Å²) in [7, 11) is 0. The molecule has 1 amide bonds. The predicted molar refractivity (Wildman–Crippen MR) is 69.4 cm³/mol. The van der Waals surface area contributed by atoms with Crippen molar-refractivity contribution in [3.8, 4) is 0 Å². The summed E-state index contributed by atoms with van der Waals surface area (Å²) in [4.78, 5) is 18.2. The van der Waals surface area contributed by atoms with Crippen LogP contribution in [0.5, 0.6) is 0 Å². The number of hydrogen-bond acceptors (Lipinski definition) is 5. The summed E-state index contributed by atoms with van der Waals surface area (Å²) in [5.74, 6) is 0.0536. The topological polar surface area (TPSA) is 57.3 Å². The molecular formula is C11H18N4OS. The van der Waals surface area contributed by atoms with Crippen molar-refractivity contribution >= 4 is 22.4 Å². The minimum atomic E-state index is 0.0536. The molecule has 1 aromatic heterocycles. The highest BCUT2D eigenvalue weighted by atomic mass is 32.1. The van der Waals surface area contributed by atoms with E-state index in [9.17, 15) is 4.79 Å². The molecule has 5 nitrogen and oxygen atoms in total. The highest BCUT2D eigenvalue weighted by Gasteiger charge is 2.11. The molecule has 0 saturated carbocycles. The highest BCUT2D eigenvalue weighted by Crippen LogP contribution is 2.14. The molecule has 2 heterocycles. The van der Waals surface area contributed by atoms with Crippen molar-refractivity contribution in [2.24, 2.45) is 0 Å². The molecule has 6 heteroatoms. The van der Waals surface area contributed by atoms with E-state index in [1.807, 2.05) is 12.3 Å². The van der Waals surface area contributed by atoms with Gasteiger partial charge in [-0.1, -0.05) is 0 Å². The van der Waals surface area contributed by atoms with Gasteiger partial charge in [0.1, 0.15) is 0 Å². The Hall–Kier alpha value is -0.980. The fraction of sp³-hybridized carbons (Fsp3) is 0.636. The molecule has 2 rings (SSSR count). The van der Waals surface area contributed by atoms with Gasteiger partial charge in [-0.3, -0.25) is 4.79 Å². The Morgan fingerprint density at radius 1 is 1.59 bits per heavy atom. The first-order valence-corrected chi connectivity index (χ1v) is 6.77. The van der Waals surface area contributed by atoms with Crippen LogP contribution in [0.25, 0.3) is 0 Å². The van der Waals surface area contributed by atoms with Crippen LogP contribution >= 0.6 is 11.3 Å². The number of aryl methyl sites for hydroxylation is 1. The molecule has 1 aliphatic heterocycles. The van der Waals surface area contributed by atoms with Crippen molar-refractivity contribution in [1.82, 2.24) is 15.2 Å². The Balaban J connectivity index is 1.70. The average molecular weight is 254 g/mol. The molecule has 1 saturated heterocycles. The number of thiazole rings is 1. The molecule has 2 N–H and O–H groups in total. The summed E-state index contributed by atoms with van der Waals surface area (Å²) >= 11 is 1.47. The van der Waals surface area contributed by atoms with Gasteiger partial charge in [-0.25, -0.2) is 4.98 Å². The summed E-state index contributed by atoms with van der Waals surface area (Å²) in [6.45, 7) is 6.86. The fourth-order valence-electron chi connectivity index (χ4n) is 1.79. The van der Waals surface area contributed by atoms with E-state index in [1.54, 1.807) is 0 Å². The lowest BCUT2D eigenvalue weighted by molar-refractivity contribution is -0.116. The van der Waals surface area contributed by atoms with Crippen molar-refractivity contribution in [2.45, 2.75) is 13.3 Å². The van der Waals surface area contributed by atoms with E-state index >= 15 is 0 Å². The van der Waals surface area contributed by atoms with E-state index in [2.05, 4.69) is 20.5 Å². The van der Waals surface area contributed by atoms with Crippen LogP contribution in [0.4, 0.5) is 5.13 Å². The highest BCUT2D eigenvalue weighted by molar-refractivity contribution is 7.13. The molecule has 1 fully saturated rings. The molecule has 17 heavy (non-hydrogen) atoms. The molecule has 0 atom stereocenters. The molecule has 94 valence electrons. The lowest BCUT2D eigenvalue weighted by Crippen LogP contribution is -2.44. The van der Waals surface area contributed by atoms with Crippen LogP contribution in [0.3, 0.4) is 0 Å². The maximum absolute atomic E-state index is 11.7. The van der Waals surface area contributed by atoms with Gasteiger partial charge in [0.05, 0.1) is 5.69 Å². The molecule has 0 bridgehead atoms. The SMILES string of the molecule is Cc1csc(NC(=O)CCN2CCNCC2)n1. The number of nitrogens with one attached hydrogen (secondary N) is 2. The van der Waals surface area contributed by atoms with Gasteiger partial charge in [0.2, 0.25) is 5.91 Å². The van der Waals surface area contributed by atoms with Gasteiger partial charge >= 0.3 is 0 Å². The summed E-state index contributed by atoms with van der Waals surface area (Å²) in [5, 5.41) is 8.76. The maximum Gasteiger partial charge on any atom is 0.227 e. The van der Waals surface area contributed by atoms with Crippen molar-refractivity contribution < 1.29 is 4.79 Å². The van der Waals surface area contributed by atoms with Crippen LogP contribution < -0.4 is 10.6 Å². The normalized spacial score (nSPS) is 17.0. The standard InChI is InChI=1S/C11H18N4OS/c1-9-8-17-11(13-9)14-10(16)2-5-15-6-3-12-4-7-15/h8,12H,2-7H2,1H3,(H,13,14,16). The van der Waals surface area contributed by atoms with Crippen molar-refractivity contribution in [2.75, 3.05) is 38.0 Å². The number of anilines is 1. The minimum absolute atomic E-state index is 0.0536. The largest absolute Gasteiger partial charge is 0.314 e. The van der Waals surface area contributed by atoms with Crippen LogP contribution in [0.15, 0.2) is 5.38 Å². The van der Waals surface area contributed by atoms with E-state index < -0.39 is 0 Å². The lowest BCUT2D eigenvalue weighted by atomic mass is 10.3. The second-order valence-electron chi connectivity index (χ2n) is 4.18. The summed E-state index contributed by atoms with van der Waals surface area (Å²) in [5.41, 5.74) is 0.951. The molecule has 0 spiro atoms. The zero-order valence-corrected chi connectivity index (χ0v) is 10.8. The van der Waals surface area contributed by atoms with E-state index in [-0.39, 0.29) is 5.91 Å². The number of carbonyl (C=O) groups excluding carboxylic acids is 1. The lowest BCUT2D eigenvalue weighted by Gasteiger charge is -2.26. The molecular weight excluding hydrogens is 236 g/mol. The molecule has 0 radical (unpaired) electrons. The van der Waals surface area contributed by atoms with Crippen LogP contribution in [-0.2, 0) is 4.79 Å². The van der Waals surface area contributed by atoms with Gasteiger partial charge in [0.25, 0.3) is 0 Å². The zero-order chi connectivity index (χ0) is 12.1. The second kappa shape index (κ2) is 6.09. The Morgan fingerprint density at radius 3 is 3.00 bits per heavy atom. The summed E-state index contributed by atoms with van der Waals surface area (Å²) in [6, 6.07) is 0. The first kappa shape index (κ1) is 12.5. The molecule has 1 aromatic rings. The number of nitrogens with zero attached hydrogens (tertiary/aromatic N) is 2. The summed E-state index contributed by atoms with van der Waals surface area (Å²) in [6.07, 6.45) is 0.540. The third-order valence-electron chi connectivity index (χ3n) is 2.73. The quantitative estimate of drug-likeness (QED) is 0.830. The van der Waals surface area contributed by atoms with E-state index in [0.717, 1.165) is 38.4 Å². The Bertz CT molecular complexity index is 373. The molecule has 0 aliphatic carbocycles. The number of carbonyl (C=O) groups is 1. The second-order valence-corrected chi connectivity index (χ2v) is 5.04. The summed E-state index contributed by atoms with van der Waals surface area (Å²) < 4.78 is 0. The van der Waals surface area contributed by atoms with E-state index in [4.69, 9.17) is 0 Å². The molecule has 0 aromatic carbocycles. The third kappa shape index (κ3) is 4.07. The first-order valence-electron chi connectivity index (χ1n) is 5.89. The van der Waals surface area contributed by atoms with E-state index in [0.29, 0.717) is 11.6 Å². The number of piperazine rings is 1. The smallest absolute Gasteiger partial charge is 0.227 e. The number of amides is 1. The van der Waals surface area contributed by atoms with Gasteiger partial charge in [0.15, 0.2) is 5.13 Å². The van der Waals surface area contributed by atoms with Gasteiger partial charge in [-0.2, -0.15) is 0 Å². The van der Waals surface area contributed by atoms with Gasteiger partial charge in [-0.15, -0.1) is 11.3 Å². The Kier molecular flexibility index (Phi) is 4.47. The average Bonchev–Trinajstić information content (AvgIpc) is 2.73. The van der Waals surface area contributed by atoms with Gasteiger partial charge < -0.3 is 15.5 Å². The number of aromatic nitrogens is 1. The third-order valence-corrected chi connectivity index (χ3v) is 3.61. The van der Waals surface area contributed by atoms with Crippen LogP contribution in [0, 0.1) is 6.92 Å². The minimum Gasteiger partial charge on any atom is -0.314 e. The van der Waals surface area contributed by atoms with Crippen LogP contribution in [0.2, 0.25) is 0 Å².